The number of halogens is 4. The largest absolute Gasteiger partial charge is 0.493 e. The van der Waals surface area contributed by atoms with Crippen LogP contribution in [0.3, 0.4) is 0 Å². The minimum absolute atomic E-state index is 0.0667. The van der Waals surface area contributed by atoms with Gasteiger partial charge in [-0.05, 0) is 36.9 Å². The van der Waals surface area contributed by atoms with Gasteiger partial charge in [0.05, 0.1) is 19.2 Å². The summed E-state index contributed by atoms with van der Waals surface area (Å²) >= 11 is 0. The van der Waals surface area contributed by atoms with Crippen LogP contribution < -0.4 is 14.2 Å². The van der Waals surface area contributed by atoms with Gasteiger partial charge in [0, 0.05) is 6.54 Å². The Morgan fingerprint density at radius 1 is 0.935 bits per heavy atom. The van der Waals surface area contributed by atoms with E-state index in [1.165, 1.54) is 31.4 Å². The van der Waals surface area contributed by atoms with E-state index in [2.05, 4.69) is 19.6 Å². The number of hydrogen-bond donors (Lipinski definition) is 0. The highest BCUT2D eigenvalue weighted by molar-refractivity contribution is 5.63. The van der Waals surface area contributed by atoms with Crippen molar-refractivity contribution < 1.29 is 36.3 Å². The number of ether oxygens (including phenoxy) is 3. The molecule has 0 aliphatic heterocycles. The molecular formula is C20H19F4N3O4. The van der Waals surface area contributed by atoms with Crippen molar-refractivity contribution in [2.45, 2.75) is 26.3 Å². The molecule has 3 aromatic rings. The van der Waals surface area contributed by atoms with Crippen LogP contribution in [0.1, 0.15) is 11.5 Å². The van der Waals surface area contributed by atoms with Crippen molar-refractivity contribution in [1.82, 2.24) is 15.0 Å². The monoisotopic (exact) mass is 441 g/mol. The molecule has 1 aromatic heterocycles. The molecule has 3 rings (SSSR count). The van der Waals surface area contributed by atoms with E-state index < -0.39 is 13.2 Å². The number of benzene rings is 2. The number of nitrogens with zero attached hydrogens (tertiary/aromatic N) is 3. The van der Waals surface area contributed by atoms with Crippen molar-refractivity contribution >= 4 is 0 Å². The van der Waals surface area contributed by atoms with Gasteiger partial charge in [0.1, 0.15) is 5.75 Å². The van der Waals surface area contributed by atoms with Gasteiger partial charge in [-0.3, -0.25) is 4.90 Å². The van der Waals surface area contributed by atoms with E-state index >= 15 is 0 Å². The molecule has 0 radical (unpaired) electrons. The molecule has 0 amide bonds. The van der Waals surface area contributed by atoms with Crippen LogP contribution in [0.5, 0.6) is 17.2 Å². The second-order valence-electron chi connectivity index (χ2n) is 6.42. The number of methoxy groups -OCH3 is 1. The van der Waals surface area contributed by atoms with E-state index in [0.717, 1.165) is 0 Å². The molecule has 2 aromatic carbocycles. The van der Waals surface area contributed by atoms with Crippen LogP contribution in [0.4, 0.5) is 17.6 Å². The summed E-state index contributed by atoms with van der Waals surface area (Å²) in [5.74, 6) is 0.402. The minimum atomic E-state index is -2.98. The smallest absolute Gasteiger partial charge is 0.387 e. The SMILES string of the molecule is COc1ccc(CN(C)Cc2nc(-c3ccccc3OC(F)F)no2)cc1OC(F)F. The molecule has 0 bridgehead atoms. The Hall–Kier alpha value is -3.34. The van der Waals surface area contributed by atoms with Gasteiger partial charge >= 0.3 is 13.2 Å². The molecule has 0 saturated heterocycles. The van der Waals surface area contributed by atoms with Crippen LogP contribution in [0.2, 0.25) is 0 Å². The standard InChI is InChI=1S/C20H19F4N3O4/c1-27(10-12-7-8-15(28-2)16(9-12)30-20(23)24)11-17-25-18(26-31-17)13-5-3-4-6-14(13)29-19(21)22/h3-9,19-20H,10-11H2,1-2H3. The summed E-state index contributed by atoms with van der Waals surface area (Å²) in [6.45, 7) is -5.38. The second-order valence-corrected chi connectivity index (χ2v) is 6.42. The quantitative estimate of drug-likeness (QED) is 0.427. The van der Waals surface area contributed by atoms with Crippen LogP contribution in [0.25, 0.3) is 11.4 Å². The Labute approximate surface area is 175 Å². The average molecular weight is 441 g/mol. The van der Waals surface area contributed by atoms with E-state index in [9.17, 15) is 17.6 Å². The Bertz CT molecular complexity index is 1000. The molecule has 7 nitrogen and oxygen atoms in total. The molecule has 0 N–H and O–H groups in total. The van der Waals surface area contributed by atoms with Crippen LogP contribution in [0.15, 0.2) is 47.0 Å². The molecular weight excluding hydrogens is 422 g/mol. The van der Waals surface area contributed by atoms with Gasteiger partial charge in [0.2, 0.25) is 11.7 Å². The third kappa shape index (κ3) is 6.07. The normalized spacial score (nSPS) is 11.4. The van der Waals surface area contributed by atoms with E-state index in [1.807, 2.05) is 0 Å². The third-order valence-electron chi connectivity index (χ3n) is 4.11. The topological polar surface area (TPSA) is 69.9 Å². The number of para-hydroxylation sites is 1. The van der Waals surface area contributed by atoms with Gasteiger partial charge in [-0.15, -0.1) is 0 Å². The first-order valence-corrected chi connectivity index (χ1v) is 9.02. The molecule has 0 atom stereocenters. The lowest BCUT2D eigenvalue weighted by molar-refractivity contribution is -0.0514. The highest BCUT2D eigenvalue weighted by Gasteiger charge is 2.17. The summed E-state index contributed by atoms with van der Waals surface area (Å²) in [5.41, 5.74) is 0.957. The van der Waals surface area contributed by atoms with Gasteiger partial charge in [-0.1, -0.05) is 23.4 Å². The molecule has 166 valence electrons. The number of rotatable bonds is 10. The van der Waals surface area contributed by atoms with Gasteiger partial charge in [0.25, 0.3) is 0 Å². The molecule has 31 heavy (non-hydrogen) atoms. The van der Waals surface area contributed by atoms with Crippen molar-refractivity contribution in [3.05, 3.63) is 53.9 Å². The average Bonchev–Trinajstić information content (AvgIpc) is 3.15. The second kappa shape index (κ2) is 10.1. The number of aromatic nitrogens is 2. The van der Waals surface area contributed by atoms with Crippen molar-refractivity contribution in [2.75, 3.05) is 14.2 Å². The molecule has 0 aliphatic carbocycles. The van der Waals surface area contributed by atoms with Gasteiger partial charge < -0.3 is 18.7 Å². The highest BCUT2D eigenvalue weighted by Crippen LogP contribution is 2.31. The zero-order valence-electron chi connectivity index (χ0n) is 16.6. The summed E-state index contributed by atoms with van der Waals surface area (Å²) in [5, 5.41) is 3.83. The fourth-order valence-electron chi connectivity index (χ4n) is 2.88. The highest BCUT2D eigenvalue weighted by atomic mass is 19.3. The summed E-state index contributed by atoms with van der Waals surface area (Å²) < 4.78 is 69.6. The lowest BCUT2D eigenvalue weighted by atomic mass is 10.2. The fraction of sp³-hybridized carbons (Fsp3) is 0.300. The molecule has 0 aliphatic rings. The van der Waals surface area contributed by atoms with Crippen molar-refractivity contribution in [3.63, 3.8) is 0 Å². The van der Waals surface area contributed by atoms with E-state index in [4.69, 9.17) is 9.26 Å². The Kier molecular flexibility index (Phi) is 7.29. The predicted molar refractivity (Wildman–Crippen MR) is 101 cm³/mol. The van der Waals surface area contributed by atoms with Crippen LogP contribution in [-0.2, 0) is 13.1 Å². The van der Waals surface area contributed by atoms with Gasteiger partial charge in [-0.2, -0.15) is 22.5 Å². The summed E-state index contributed by atoms with van der Waals surface area (Å²) in [7, 11) is 3.12. The van der Waals surface area contributed by atoms with E-state index in [1.54, 1.807) is 30.1 Å². The lowest BCUT2D eigenvalue weighted by Crippen LogP contribution is -2.17. The molecule has 0 spiro atoms. The summed E-state index contributed by atoms with van der Waals surface area (Å²) in [4.78, 5) is 6.02. The van der Waals surface area contributed by atoms with Gasteiger partial charge in [0.15, 0.2) is 11.5 Å². The maximum atomic E-state index is 12.6. The van der Waals surface area contributed by atoms with Crippen molar-refractivity contribution in [1.29, 1.82) is 0 Å². The van der Waals surface area contributed by atoms with Crippen LogP contribution in [0, 0.1) is 0 Å². The maximum Gasteiger partial charge on any atom is 0.387 e. The predicted octanol–water partition coefficient (Wildman–Crippen LogP) is 4.58. The Morgan fingerprint density at radius 3 is 2.35 bits per heavy atom. The van der Waals surface area contributed by atoms with E-state index in [0.29, 0.717) is 12.1 Å². The van der Waals surface area contributed by atoms with Crippen LogP contribution >= 0.6 is 0 Å². The first-order chi connectivity index (χ1) is 14.9. The van der Waals surface area contributed by atoms with Crippen LogP contribution in [-0.4, -0.2) is 42.4 Å². The summed E-state index contributed by atoms with van der Waals surface area (Å²) in [6.07, 6.45) is 0. The molecule has 0 unspecified atom stereocenters. The van der Waals surface area contributed by atoms with E-state index in [-0.39, 0.29) is 41.1 Å². The molecule has 1 heterocycles. The molecule has 0 fully saturated rings. The molecule has 11 heteroatoms. The fourth-order valence-corrected chi connectivity index (χ4v) is 2.88. The first-order valence-electron chi connectivity index (χ1n) is 9.02. The summed E-state index contributed by atoms with van der Waals surface area (Å²) in [6, 6.07) is 10.8. The zero-order valence-corrected chi connectivity index (χ0v) is 16.6. The third-order valence-corrected chi connectivity index (χ3v) is 4.11. The Morgan fingerprint density at radius 2 is 1.65 bits per heavy atom. The minimum Gasteiger partial charge on any atom is -0.493 e. The first kappa shape index (κ1) is 22.3. The zero-order chi connectivity index (χ0) is 22.4. The van der Waals surface area contributed by atoms with Crippen molar-refractivity contribution in [2.24, 2.45) is 0 Å². The molecule has 0 saturated carbocycles. The Balaban J connectivity index is 1.69. The maximum absolute atomic E-state index is 12.6. The number of alkyl halides is 4. The number of hydrogen-bond acceptors (Lipinski definition) is 7. The van der Waals surface area contributed by atoms with Gasteiger partial charge in [-0.25, -0.2) is 0 Å². The lowest BCUT2D eigenvalue weighted by Gasteiger charge is -2.16. The van der Waals surface area contributed by atoms with Crippen molar-refractivity contribution in [3.8, 4) is 28.6 Å².